The monoisotopic (exact) mass is 250 g/mol. The number of rotatable bonds is 3. The first kappa shape index (κ1) is 11.4. The Morgan fingerprint density at radius 1 is 1.39 bits per heavy atom. The molecule has 0 aromatic carbocycles. The van der Waals surface area contributed by atoms with Crippen molar-refractivity contribution >= 4 is 11.9 Å². The van der Waals surface area contributed by atoms with E-state index < -0.39 is 0 Å². The highest BCUT2D eigenvalue weighted by atomic mass is 16.2. The first-order chi connectivity index (χ1) is 8.74. The highest BCUT2D eigenvalue weighted by Gasteiger charge is 2.39. The molecule has 3 rings (SSSR count). The molecule has 1 aromatic heterocycles. The van der Waals surface area contributed by atoms with Crippen molar-refractivity contribution in [3.8, 4) is 0 Å². The van der Waals surface area contributed by atoms with Crippen LogP contribution in [0.25, 0.3) is 0 Å². The lowest BCUT2D eigenvalue weighted by atomic mass is 9.98. The zero-order valence-electron chi connectivity index (χ0n) is 10.2. The average molecular weight is 250 g/mol. The number of nitrogens with two attached hydrogens (primary N) is 1. The van der Waals surface area contributed by atoms with Gasteiger partial charge in [0.25, 0.3) is 0 Å². The molecule has 2 saturated carbocycles. The molecule has 7 nitrogen and oxygen atoms in total. The third-order valence-corrected chi connectivity index (χ3v) is 4.28. The van der Waals surface area contributed by atoms with Crippen molar-refractivity contribution in [2.75, 3.05) is 5.73 Å². The maximum Gasteiger partial charge on any atom is 0.242 e. The van der Waals surface area contributed by atoms with Crippen LogP contribution in [-0.2, 0) is 11.3 Å². The number of hydrogen-bond acceptors (Lipinski definition) is 5. The van der Waals surface area contributed by atoms with Crippen LogP contribution >= 0.6 is 0 Å². The van der Waals surface area contributed by atoms with Gasteiger partial charge < -0.3 is 11.1 Å². The lowest BCUT2D eigenvalue weighted by molar-refractivity contribution is -0.122. The van der Waals surface area contributed by atoms with E-state index in [0.717, 1.165) is 12.3 Å². The summed E-state index contributed by atoms with van der Waals surface area (Å²) in [4.78, 5) is 11.9. The Hall–Kier alpha value is -1.66. The molecule has 2 aliphatic rings. The van der Waals surface area contributed by atoms with Crippen LogP contribution in [0.5, 0.6) is 0 Å². The normalized spacial score (nSPS) is 30.3. The van der Waals surface area contributed by atoms with E-state index in [1.54, 1.807) is 0 Å². The molecule has 98 valence electrons. The van der Waals surface area contributed by atoms with Crippen molar-refractivity contribution in [1.29, 1.82) is 0 Å². The number of nitrogens with zero attached hydrogens (tertiary/aromatic N) is 4. The number of carbonyl (C=O) groups is 1. The maximum atomic E-state index is 11.9. The molecule has 3 N–H and O–H groups in total. The Kier molecular flexibility index (Phi) is 2.89. The molecule has 3 atom stereocenters. The Morgan fingerprint density at radius 2 is 2.28 bits per heavy atom. The summed E-state index contributed by atoms with van der Waals surface area (Å²) in [5.74, 6) is 1.63. The molecule has 18 heavy (non-hydrogen) atoms. The third kappa shape index (κ3) is 2.04. The van der Waals surface area contributed by atoms with E-state index >= 15 is 0 Å². The van der Waals surface area contributed by atoms with Crippen LogP contribution in [0.1, 0.15) is 32.1 Å². The number of nitrogens with one attached hydrogen (secondary N) is 1. The van der Waals surface area contributed by atoms with Gasteiger partial charge in [-0.05, 0) is 41.5 Å². The minimum Gasteiger partial charge on any atom is -0.367 e. The second-order valence-electron chi connectivity index (χ2n) is 5.30. The van der Waals surface area contributed by atoms with Crippen molar-refractivity contribution in [2.45, 2.75) is 44.7 Å². The van der Waals surface area contributed by atoms with E-state index in [-0.39, 0.29) is 18.4 Å². The molecule has 0 radical (unpaired) electrons. The highest BCUT2D eigenvalue weighted by Crippen LogP contribution is 2.43. The number of amides is 1. The zero-order valence-corrected chi connectivity index (χ0v) is 10.2. The van der Waals surface area contributed by atoms with Crippen molar-refractivity contribution in [2.24, 2.45) is 11.8 Å². The van der Waals surface area contributed by atoms with Gasteiger partial charge >= 0.3 is 0 Å². The van der Waals surface area contributed by atoms with Gasteiger partial charge in [-0.1, -0.05) is 17.9 Å². The zero-order chi connectivity index (χ0) is 12.5. The molecule has 1 amide bonds. The minimum atomic E-state index is -0.0495. The summed E-state index contributed by atoms with van der Waals surface area (Å²) in [6, 6.07) is 0.336. The number of anilines is 1. The van der Waals surface area contributed by atoms with Gasteiger partial charge in [0.2, 0.25) is 11.9 Å². The summed E-state index contributed by atoms with van der Waals surface area (Å²) in [5, 5.41) is 13.7. The molecule has 1 heterocycles. The van der Waals surface area contributed by atoms with Gasteiger partial charge in [-0.3, -0.25) is 4.79 Å². The Labute approximate surface area is 105 Å². The van der Waals surface area contributed by atoms with Crippen molar-refractivity contribution in [3.63, 3.8) is 0 Å². The smallest absolute Gasteiger partial charge is 0.242 e. The molecule has 0 unspecified atom stereocenters. The summed E-state index contributed by atoms with van der Waals surface area (Å²) < 4.78 is 1.32. The minimum absolute atomic E-state index is 0.0495. The van der Waals surface area contributed by atoms with Gasteiger partial charge in [0.15, 0.2) is 0 Å². The summed E-state index contributed by atoms with van der Waals surface area (Å²) in [7, 11) is 0. The van der Waals surface area contributed by atoms with Crippen molar-refractivity contribution in [1.82, 2.24) is 25.5 Å². The predicted molar refractivity (Wildman–Crippen MR) is 64.2 cm³/mol. The SMILES string of the molecule is Nc1nnnn1CC(=O)N[C@H]1CC[C@@H]2CCC[C@@H]21. The fourth-order valence-electron chi connectivity index (χ4n) is 3.45. The molecule has 2 fully saturated rings. The van der Waals surface area contributed by atoms with Gasteiger partial charge in [-0.15, -0.1) is 0 Å². The summed E-state index contributed by atoms with van der Waals surface area (Å²) >= 11 is 0. The number of aromatic nitrogens is 4. The second-order valence-corrected chi connectivity index (χ2v) is 5.30. The Morgan fingerprint density at radius 3 is 3.06 bits per heavy atom. The van der Waals surface area contributed by atoms with Gasteiger partial charge in [-0.25, -0.2) is 4.68 Å². The van der Waals surface area contributed by atoms with Gasteiger partial charge in [0.1, 0.15) is 6.54 Å². The molecule has 1 aromatic rings. The average Bonchev–Trinajstić information content (AvgIpc) is 3.00. The molecule has 0 saturated heterocycles. The second kappa shape index (κ2) is 4.55. The van der Waals surface area contributed by atoms with Crippen LogP contribution in [0.4, 0.5) is 5.95 Å². The number of carbonyl (C=O) groups excluding carboxylic acids is 1. The molecule has 0 aliphatic heterocycles. The number of nitrogen functional groups attached to an aromatic ring is 1. The number of tetrazole rings is 1. The van der Waals surface area contributed by atoms with Crippen LogP contribution in [0.15, 0.2) is 0 Å². The van der Waals surface area contributed by atoms with Gasteiger partial charge in [0.05, 0.1) is 0 Å². The molecule has 0 bridgehead atoms. The van der Waals surface area contributed by atoms with Crippen LogP contribution in [0, 0.1) is 11.8 Å². The molecule has 7 heteroatoms. The standard InChI is InChI=1S/C11H18N6O/c12-11-14-15-16-17(11)6-10(18)13-9-5-4-7-2-1-3-8(7)9/h7-9H,1-6H2,(H,13,18)(H2,12,14,16)/t7-,8-,9-/m0/s1. The largest absolute Gasteiger partial charge is 0.367 e. The fraction of sp³-hybridized carbons (Fsp3) is 0.818. The summed E-state index contributed by atoms with van der Waals surface area (Å²) in [6.07, 6.45) is 6.25. The van der Waals surface area contributed by atoms with Crippen LogP contribution < -0.4 is 11.1 Å². The van der Waals surface area contributed by atoms with E-state index in [4.69, 9.17) is 5.73 Å². The van der Waals surface area contributed by atoms with E-state index in [2.05, 4.69) is 20.8 Å². The molecular formula is C11H18N6O. The van der Waals surface area contributed by atoms with Gasteiger partial charge in [-0.2, -0.15) is 0 Å². The summed E-state index contributed by atoms with van der Waals surface area (Å²) in [5.41, 5.74) is 5.53. The Bertz CT molecular complexity index is 444. The first-order valence-corrected chi connectivity index (χ1v) is 6.55. The number of hydrogen-bond donors (Lipinski definition) is 2. The van der Waals surface area contributed by atoms with Crippen LogP contribution in [-0.4, -0.2) is 32.2 Å². The van der Waals surface area contributed by atoms with Crippen molar-refractivity contribution < 1.29 is 4.79 Å². The number of fused-ring (bicyclic) bond motifs is 1. The topological polar surface area (TPSA) is 98.7 Å². The Balaban J connectivity index is 1.57. The van der Waals surface area contributed by atoms with Gasteiger partial charge in [0, 0.05) is 6.04 Å². The predicted octanol–water partition coefficient (Wildman–Crippen LogP) is -0.0498. The first-order valence-electron chi connectivity index (χ1n) is 6.55. The fourth-order valence-corrected chi connectivity index (χ4v) is 3.45. The summed E-state index contributed by atoms with van der Waals surface area (Å²) in [6.45, 7) is 0.104. The highest BCUT2D eigenvalue weighted by molar-refractivity contribution is 5.76. The lowest BCUT2D eigenvalue weighted by Crippen LogP contribution is -2.39. The third-order valence-electron chi connectivity index (χ3n) is 4.28. The molecule has 2 aliphatic carbocycles. The quantitative estimate of drug-likeness (QED) is 0.783. The van der Waals surface area contributed by atoms with E-state index in [9.17, 15) is 4.79 Å². The van der Waals surface area contributed by atoms with Crippen LogP contribution in [0.2, 0.25) is 0 Å². The van der Waals surface area contributed by atoms with Crippen LogP contribution in [0.3, 0.4) is 0 Å². The maximum absolute atomic E-state index is 11.9. The molecular weight excluding hydrogens is 232 g/mol. The van der Waals surface area contributed by atoms with E-state index in [0.29, 0.717) is 12.0 Å². The van der Waals surface area contributed by atoms with E-state index in [1.165, 1.54) is 30.4 Å². The lowest BCUT2D eigenvalue weighted by Gasteiger charge is -2.19. The molecule has 0 spiro atoms. The van der Waals surface area contributed by atoms with Crippen molar-refractivity contribution in [3.05, 3.63) is 0 Å². The van der Waals surface area contributed by atoms with E-state index in [1.807, 2.05) is 0 Å².